The molecule has 0 aliphatic rings. The van der Waals surface area contributed by atoms with E-state index < -0.39 is 0 Å². The van der Waals surface area contributed by atoms with Crippen molar-refractivity contribution in [3.63, 3.8) is 0 Å². The third-order valence-electron chi connectivity index (χ3n) is 2.85. The molecule has 0 aromatic rings. The van der Waals surface area contributed by atoms with Crippen LogP contribution in [0.3, 0.4) is 0 Å². The fourth-order valence-corrected chi connectivity index (χ4v) is 2.89. The van der Waals surface area contributed by atoms with Gasteiger partial charge in [0.15, 0.2) is 0 Å². The third-order valence-corrected chi connectivity index (χ3v) is 3.67. The first-order chi connectivity index (χ1) is 7.14. The van der Waals surface area contributed by atoms with Gasteiger partial charge >= 0.3 is 0 Å². The quantitative estimate of drug-likeness (QED) is 0.433. The van der Waals surface area contributed by atoms with Gasteiger partial charge in [0.05, 0.1) is 31.6 Å². The minimum absolute atomic E-state index is 0.122. The molecule has 1 nitrogen and oxygen atoms in total. The van der Waals surface area contributed by atoms with Crippen LogP contribution in [0.4, 0.5) is 0 Å². The molecular weight excluding hydrogens is 229 g/mol. The highest BCUT2D eigenvalue weighted by Crippen LogP contribution is 2.16. The van der Waals surface area contributed by atoms with Crippen LogP contribution in [0, 0.1) is 0 Å². The van der Waals surface area contributed by atoms with Crippen molar-refractivity contribution in [1.29, 1.82) is 0 Å². The van der Waals surface area contributed by atoms with Crippen molar-refractivity contribution < 1.29 is 4.48 Å². The highest BCUT2D eigenvalue weighted by molar-refractivity contribution is 6.28. The second-order valence-corrected chi connectivity index (χ2v) is 5.37. The minimum Gasteiger partial charge on any atom is -0.322 e. The van der Waals surface area contributed by atoms with Crippen LogP contribution in [0.25, 0.3) is 0 Å². The molecule has 0 spiro atoms. The lowest BCUT2D eigenvalue weighted by atomic mass is 10.2. The Kier molecular flexibility index (Phi) is 8.98. The molecule has 0 heterocycles. The zero-order valence-corrected chi connectivity index (χ0v) is 11.9. The normalized spacial score (nSPS) is 14.2. The second kappa shape index (κ2) is 8.66. The molecular formula is C12H26Cl2N+. The Labute approximate surface area is 105 Å². The monoisotopic (exact) mass is 254 g/mol. The van der Waals surface area contributed by atoms with Crippen LogP contribution < -0.4 is 0 Å². The van der Waals surface area contributed by atoms with Crippen LogP contribution in [0.1, 0.15) is 40.0 Å². The van der Waals surface area contributed by atoms with Crippen LogP contribution >= 0.6 is 23.2 Å². The van der Waals surface area contributed by atoms with Gasteiger partial charge in [-0.1, -0.05) is 20.8 Å². The van der Waals surface area contributed by atoms with Crippen LogP contribution in [-0.2, 0) is 0 Å². The number of hydrogen-bond acceptors (Lipinski definition) is 0. The lowest BCUT2D eigenvalue weighted by molar-refractivity contribution is -0.927. The molecule has 0 rings (SSSR count). The Morgan fingerprint density at radius 3 is 1.60 bits per heavy atom. The zero-order valence-electron chi connectivity index (χ0n) is 10.4. The summed E-state index contributed by atoms with van der Waals surface area (Å²) in [5.41, 5.74) is 0. The van der Waals surface area contributed by atoms with E-state index >= 15 is 0 Å². The Balaban J connectivity index is 4.44. The molecule has 0 N–H and O–H groups in total. The Morgan fingerprint density at radius 1 is 0.933 bits per heavy atom. The Hall–Kier alpha value is 0.540. The van der Waals surface area contributed by atoms with Gasteiger partial charge in [0.2, 0.25) is 0 Å². The molecule has 0 aromatic heterocycles. The maximum absolute atomic E-state index is 6.21. The van der Waals surface area contributed by atoms with Crippen LogP contribution in [0.2, 0.25) is 0 Å². The summed E-state index contributed by atoms with van der Waals surface area (Å²) in [7, 11) is 0. The highest BCUT2D eigenvalue weighted by atomic mass is 35.5. The molecule has 0 radical (unpaired) electrons. The van der Waals surface area contributed by atoms with E-state index in [0.29, 0.717) is 5.88 Å². The van der Waals surface area contributed by atoms with E-state index in [9.17, 15) is 0 Å². The SMILES string of the molecule is CCC[N+](CCC)(CCC)CC(Cl)CCl. The smallest absolute Gasteiger partial charge is 0.0964 e. The molecule has 0 fully saturated rings. The second-order valence-electron chi connectivity index (χ2n) is 4.45. The first-order valence-corrected chi connectivity index (χ1v) is 7.16. The zero-order chi connectivity index (χ0) is 11.7. The Bertz CT molecular complexity index is 134. The van der Waals surface area contributed by atoms with Crippen molar-refractivity contribution in [2.24, 2.45) is 0 Å². The topological polar surface area (TPSA) is 0 Å². The molecule has 15 heavy (non-hydrogen) atoms. The van der Waals surface area contributed by atoms with Gasteiger partial charge in [-0.05, 0) is 19.3 Å². The summed E-state index contributed by atoms with van der Waals surface area (Å²) in [4.78, 5) is 0. The number of halogens is 2. The predicted octanol–water partition coefficient (Wildman–Crippen LogP) is 3.88. The maximum Gasteiger partial charge on any atom is 0.0964 e. The van der Waals surface area contributed by atoms with Gasteiger partial charge in [-0.3, -0.25) is 0 Å². The van der Waals surface area contributed by atoms with Crippen LogP contribution in [0.15, 0.2) is 0 Å². The van der Waals surface area contributed by atoms with Gasteiger partial charge in [0, 0.05) is 5.88 Å². The molecule has 0 amide bonds. The van der Waals surface area contributed by atoms with Crippen molar-refractivity contribution in [3.8, 4) is 0 Å². The summed E-state index contributed by atoms with van der Waals surface area (Å²) in [6.45, 7) is 11.5. The summed E-state index contributed by atoms with van der Waals surface area (Å²) in [6.07, 6.45) is 3.68. The van der Waals surface area contributed by atoms with Crippen LogP contribution in [0.5, 0.6) is 0 Å². The molecule has 1 atom stereocenters. The predicted molar refractivity (Wildman–Crippen MR) is 71.0 cm³/mol. The molecule has 0 aliphatic carbocycles. The first kappa shape index (κ1) is 15.5. The molecule has 92 valence electrons. The van der Waals surface area contributed by atoms with Crippen molar-refractivity contribution in [1.82, 2.24) is 0 Å². The minimum atomic E-state index is 0.122. The third kappa shape index (κ3) is 5.99. The Morgan fingerprint density at radius 2 is 1.33 bits per heavy atom. The number of nitrogens with zero attached hydrogens (tertiary/aromatic N) is 1. The summed E-state index contributed by atoms with van der Waals surface area (Å²) < 4.78 is 1.16. The average Bonchev–Trinajstić information content (AvgIpc) is 2.18. The van der Waals surface area contributed by atoms with Gasteiger partial charge in [0.25, 0.3) is 0 Å². The summed E-state index contributed by atoms with van der Waals surface area (Å²) >= 11 is 12.0. The number of rotatable bonds is 9. The van der Waals surface area contributed by atoms with Crippen molar-refractivity contribution >= 4 is 23.2 Å². The molecule has 3 heteroatoms. The van der Waals surface area contributed by atoms with Gasteiger partial charge < -0.3 is 4.48 Å². The number of hydrogen-bond donors (Lipinski definition) is 0. The van der Waals surface area contributed by atoms with Gasteiger partial charge in [-0.25, -0.2) is 0 Å². The van der Waals surface area contributed by atoms with Crippen molar-refractivity contribution in [3.05, 3.63) is 0 Å². The van der Waals surface area contributed by atoms with E-state index in [1.54, 1.807) is 0 Å². The lowest BCUT2D eigenvalue weighted by Gasteiger charge is -2.39. The standard InChI is InChI=1S/C12H26Cl2N/c1-4-7-15(8-5-2,9-6-3)11-12(14)10-13/h12H,4-11H2,1-3H3/q+1. The summed E-state index contributed by atoms with van der Waals surface area (Å²) in [6, 6.07) is 0. The van der Waals surface area contributed by atoms with E-state index in [4.69, 9.17) is 23.2 Å². The van der Waals surface area contributed by atoms with Crippen LogP contribution in [-0.4, -0.2) is 41.9 Å². The van der Waals surface area contributed by atoms with Crippen molar-refractivity contribution in [2.45, 2.75) is 45.4 Å². The molecule has 0 bridgehead atoms. The molecule has 0 aromatic carbocycles. The first-order valence-electron chi connectivity index (χ1n) is 6.19. The van der Waals surface area contributed by atoms with E-state index in [-0.39, 0.29) is 5.38 Å². The molecule has 0 saturated heterocycles. The van der Waals surface area contributed by atoms with E-state index in [0.717, 1.165) is 11.0 Å². The molecule has 0 saturated carbocycles. The van der Waals surface area contributed by atoms with E-state index in [1.807, 2.05) is 0 Å². The molecule has 1 unspecified atom stereocenters. The number of alkyl halides is 2. The van der Waals surface area contributed by atoms with E-state index in [2.05, 4.69) is 20.8 Å². The highest BCUT2D eigenvalue weighted by Gasteiger charge is 2.27. The van der Waals surface area contributed by atoms with E-state index in [1.165, 1.54) is 38.9 Å². The maximum atomic E-state index is 6.21. The summed E-state index contributed by atoms with van der Waals surface area (Å²) in [5.74, 6) is 0.568. The fourth-order valence-electron chi connectivity index (χ4n) is 2.50. The van der Waals surface area contributed by atoms with Gasteiger partial charge in [-0.2, -0.15) is 0 Å². The fraction of sp³-hybridized carbons (Fsp3) is 1.00. The summed E-state index contributed by atoms with van der Waals surface area (Å²) in [5, 5.41) is 0.122. The van der Waals surface area contributed by atoms with Gasteiger partial charge in [-0.15, -0.1) is 23.2 Å². The van der Waals surface area contributed by atoms with Crippen molar-refractivity contribution in [2.75, 3.05) is 32.1 Å². The number of quaternary nitrogens is 1. The lowest BCUT2D eigenvalue weighted by Crippen LogP contribution is -2.53. The van der Waals surface area contributed by atoms with Gasteiger partial charge in [0.1, 0.15) is 0 Å². The molecule has 0 aliphatic heterocycles. The average molecular weight is 255 g/mol. The largest absolute Gasteiger partial charge is 0.322 e.